The van der Waals surface area contributed by atoms with Crippen LogP contribution in [-0.4, -0.2) is 25.2 Å². The lowest BCUT2D eigenvalue weighted by Gasteiger charge is -2.12. The zero-order valence-electron chi connectivity index (χ0n) is 9.60. The molecule has 0 aliphatic heterocycles. The molecule has 1 unspecified atom stereocenters. The van der Waals surface area contributed by atoms with Crippen LogP contribution in [0.25, 0.3) is 0 Å². The van der Waals surface area contributed by atoms with Crippen LogP contribution in [0.5, 0.6) is 0 Å². The zero-order chi connectivity index (χ0) is 10.0. The van der Waals surface area contributed by atoms with E-state index in [0.717, 1.165) is 25.2 Å². The summed E-state index contributed by atoms with van der Waals surface area (Å²) in [6, 6.07) is 1.61. The molecular weight excluding hydrogens is 172 g/mol. The molecule has 82 valence electrons. The van der Waals surface area contributed by atoms with Crippen molar-refractivity contribution in [3.05, 3.63) is 0 Å². The number of hydrogen-bond donors (Lipinski definition) is 2. The molecule has 2 fully saturated rings. The molecule has 0 aromatic rings. The van der Waals surface area contributed by atoms with Gasteiger partial charge in [0.2, 0.25) is 0 Å². The van der Waals surface area contributed by atoms with E-state index < -0.39 is 0 Å². The lowest BCUT2D eigenvalue weighted by atomic mass is 10.2. The van der Waals surface area contributed by atoms with E-state index in [-0.39, 0.29) is 0 Å². The maximum Gasteiger partial charge on any atom is 0.0125 e. The Bertz CT molecular complexity index is 176. The second kappa shape index (κ2) is 4.19. The minimum Gasteiger partial charge on any atom is -0.313 e. The molecule has 2 aliphatic carbocycles. The van der Waals surface area contributed by atoms with Crippen LogP contribution in [0.1, 0.15) is 46.0 Å². The third-order valence-electron chi connectivity index (χ3n) is 3.82. The summed E-state index contributed by atoms with van der Waals surface area (Å²) >= 11 is 0. The van der Waals surface area contributed by atoms with Crippen molar-refractivity contribution in [1.82, 2.24) is 10.6 Å². The molecule has 0 aromatic carbocycles. The number of rotatable bonds is 5. The molecular formula is C12H24N2. The van der Waals surface area contributed by atoms with Crippen molar-refractivity contribution in [3.63, 3.8) is 0 Å². The van der Waals surface area contributed by atoms with Gasteiger partial charge in [-0.25, -0.2) is 0 Å². The maximum atomic E-state index is 3.63. The summed E-state index contributed by atoms with van der Waals surface area (Å²) in [5.41, 5.74) is 0.577. The van der Waals surface area contributed by atoms with Gasteiger partial charge in [0.1, 0.15) is 0 Å². The molecule has 2 rings (SSSR count). The largest absolute Gasteiger partial charge is 0.313 e. The van der Waals surface area contributed by atoms with Gasteiger partial charge >= 0.3 is 0 Å². The molecule has 2 saturated carbocycles. The van der Waals surface area contributed by atoms with Gasteiger partial charge in [0.15, 0.2) is 0 Å². The number of nitrogens with one attached hydrogen (secondary N) is 2. The first-order valence-corrected chi connectivity index (χ1v) is 6.15. The Balaban J connectivity index is 1.48. The van der Waals surface area contributed by atoms with Gasteiger partial charge < -0.3 is 10.6 Å². The first-order chi connectivity index (χ1) is 6.68. The predicted octanol–water partition coefficient (Wildman–Crippen LogP) is 1.91. The van der Waals surface area contributed by atoms with Crippen LogP contribution >= 0.6 is 0 Å². The summed E-state index contributed by atoms with van der Waals surface area (Å²) in [7, 11) is 0. The highest BCUT2D eigenvalue weighted by atomic mass is 15.0. The Morgan fingerprint density at radius 3 is 2.21 bits per heavy atom. The molecule has 0 bridgehead atoms. The van der Waals surface area contributed by atoms with Crippen LogP contribution in [-0.2, 0) is 0 Å². The van der Waals surface area contributed by atoms with Gasteiger partial charge in [0, 0.05) is 25.2 Å². The van der Waals surface area contributed by atoms with Crippen molar-refractivity contribution in [2.24, 2.45) is 5.41 Å². The smallest absolute Gasteiger partial charge is 0.0125 e. The fourth-order valence-electron chi connectivity index (χ4n) is 2.47. The van der Waals surface area contributed by atoms with Gasteiger partial charge in [-0.1, -0.05) is 26.7 Å². The summed E-state index contributed by atoms with van der Waals surface area (Å²) in [4.78, 5) is 0. The quantitative estimate of drug-likeness (QED) is 0.656. The minimum atomic E-state index is 0.577. The molecule has 2 heteroatoms. The Morgan fingerprint density at radius 1 is 1.07 bits per heavy atom. The average Bonchev–Trinajstić information content (AvgIpc) is 2.60. The molecule has 0 amide bonds. The van der Waals surface area contributed by atoms with Crippen LogP contribution in [0.2, 0.25) is 0 Å². The molecule has 2 N–H and O–H groups in total. The molecule has 1 atom stereocenters. The van der Waals surface area contributed by atoms with E-state index in [1.54, 1.807) is 0 Å². The first-order valence-electron chi connectivity index (χ1n) is 6.15. The highest BCUT2D eigenvalue weighted by molar-refractivity contribution is 5.01. The SMILES string of the molecule is CC1(C)CC1NCCNC1CCCC1. The number of hydrogen-bond acceptors (Lipinski definition) is 2. The third kappa shape index (κ3) is 2.71. The summed E-state index contributed by atoms with van der Waals surface area (Å²) in [6.07, 6.45) is 7.02. The van der Waals surface area contributed by atoms with Crippen molar-refractivity contribution >= 4 is 0 Å². The fraction of sp³-hybridized carbons (Fsp3) is 1.00. The summed E-state index contributed by atoms with van der Waals surface area (Å²) in [5, 5.41) is 7.24. The van der Waals surface area contributed by atoms with E-state index in [1.807, 2.05) is 0 Å². The Kier molecular flexibility index (Phi) is 3.13. The van der Waals surface area contributed by atoms with E-state index in [4.69, 9.17) is 0 Å². The molecule has 0 spiro atoms. The van der Waals surface area contributed by atoms with Crippen molar-refractivity contribution in [1.29, 1.82) is 0 Å². The standard InChI is InChI=1S/C12H24N2/c1-12(2)9-11(12)14-8-7-13-10-5-3-4-6-10/h10-11,13-14H,3-9H2,1-2H3. The normalized spacial score (nSPS) is 30.9. The van der Waals surface area contributed by atoms with Gasteiger partial charge in [-0.2, -0.15) is 0 Å². The molecule has 0 radical (unpaired) electrons. The summed E-state index contributed by atoms with van der Waals surface area (Å²) in [6.45, 7) is 6.98. The van der Waals surface area contributed by atoms with Crippen LogP contribution in [0.4, 0.5) is 0 Å². The van der Waals surface area contributed by atoms with Crippen LogP contribution < -0.4 is 10.6 Å². The van der Waals surface area contributed by atoms with E-state index in [1.165, 1.54) is 32.1 Å². The maximum absolute atomic E-state index is 3.63. The topological polar surface area (TPSA) is 24.1 Å². The van der Waals surface area contributed by atoms with Crippen molar-refractivity contribution < 1.29 is 0 Å². The van der Waals surface area contributed by atoms with E-state index in [9.17, 15) is 0 Å². The minimum absolute atomic E-state index is 0.577. The van der Waals surface area contributed by atoms with E-state index in [2.05, 4.69) is 24.5 Å². The highest BCUT2D eigenvalue weighted by Gasteiger charge is 2.44. The van der Waals surface area contributed by atoms with Gasteiger partial charge in [0.05, 0.1) is 0 Å². The van der Waals surface area contributed by atoms with Crippen LogP contribution in [0, 0.1) is 5.41 Å². The van der Waals surface area contributed by atoms with E-state index >= 15 is 0 Å². The van der Waals surface area contributed by atoms with Crippen molar-refractivity contribution in [2.75, 3.05) is 13.1 Å². The second-order valence-corrected chi connectivity index (χ2v) is 5.63. The predicted molar refractivity (Wildman–Crippen MR) is 60.4 cm³/mol. The molecule has 0 heterocycles. The molecule has 2 nitrogen and oxygen atoms in total. The lowest BCUT2D eigenvalue weighted by molar-refractivity contribution is 0.487. The summed E-state index contributed by atoms with van der Waals surface area (Å²) < 4.78 is 0. The zero-order valence-corrected chi connectivity index (χ0v) is 9.60. The lowest BCUT2D eigenvalue weighted by Crippen LogP contribution is -2.35. The van der Waals surface area contributed by atoms with Gasteiger partial charge in [-0.05, 0) is 24.7 Å². The molecule has 0 saturated heterocycles. The Morgan fingerprint density at radius 2 is 1.64 bits per heavy atom. The Hall–Kier alpha value is -0.0800. The van der Waals surface area contributed by atoms with Gasteiger partial charge in [0.25, 0.3) is 0 Å². The summed E-state index contributed by atoms with van der Waals surface area (Å²) in [5.74, 6) is 0. The van der Waals surface area contributed by atoms with E-state index in [0.29, 0.717) is 5.41 Å². The van der Waals surface area contributed by atoms with Gasteiger partial charge in [-0.3, -0.25) is 0 Å². The van der Waals surface area contributed by atoms with Crippen molar-refractivity contribution in [2.45, 2.75) is 58.0 Å². The third-order valence-corrected chi connectivity index (χ3v) is 3.82. The molecule has 2 aliphatic rings. The highest BCUT2D eigenvalue weighted by Crippen LogP contribution is 2.44. The first kappa shape index (κ1) is 10.4. The Labute approximate surface area is 87.8 Å². The monoisotopic (exact) mass is 196 g/mol. The second-order valence-electron chi connectivity index (χ2n) is 5.63. The van der Waals surface area contributed by atoms with Crippen molar-refractivity contribution in [3.8, 4) is 0 Å². The van der Waals surface area contributed by atoms with Gasteiger partial charge in [-0.15, -0.1) is 0 Å². The fourth-order valence-corrected chi connectivity index (χ4v) is 2.47. The molecule has 14 heavy (non-hydrogen) atoms. The molecule has 0 aromatic heterocycles. The van der Waals surface area contributed by atoms with Crippen LogP contribution in [0.3, 0.4) is 0 Å². The van der Waals surface area contributed by atoms with Crippen LogP contribution in [0.15, 0.2) is 0 Å². The average molecular weight is 196 g/mol.